The quantitative estimate of drug-likeness (QED) is 0.815. The fourth-order valence-electron chi connectivity index (χ4n) is 1.75. The Kier molecular flexibility index (Phi) is 5.88. The standard InChI is InChI=1S/C15H23NO2S/c1-12-5-7-13(8-6-12)19-10-9-14(17)16(4)11-15(2,3)18/h5-8,18H,9-11H2,1-4H3. The molecule has 0 atom stereocenters. The number of amides is 1. The number of carbonyl (C=O) groups excluding carboxylic acids is 1. The Labute approximate surface area is 120 Å². The van der Waals surface area contributed by atoms with Crippen molar-refractivity contribution in [3.63, 3.8) is 0 Å². The summed E-state index contributed by atoms with van der Waals surface area (Å²) in [6.07, 6.45) is 0.491. The summed E-state index contributed by atoms with van der Waals surface area (Å²) < 4.78 is 0. The molecule has 0 aliphatic rings. The maximum atomic E-state index is 11.9. The van der Waals surface area contributed by atoms with Crippen LogP contribution in [0.3, 0.4) is 0 Å². The Bertz CT molecular complexity index is 409. The zero-order chi connectivity index (χ0) is 14.5. The molecule has 0 heterocycles. The van der Waals surface area contributed by atoms with Crippen molar-refractivity contribution in [3.05, 3.63) is 29.8 Å². The van der Waals surface area contributed by atoms with Crippen molar-refractivity contribution in [3.8, 4) is 0 Å². The highest BCUT2D eigenvalue weighted by atomic mass is 32.2. The number of nitrogens with zero attached hydrogens (tertiary/aromatic N) is 1. The summed E-state index contributed by atoms with van der Waals surface area (Å²) in [5.41, 5.74) is 0.402. The molecule has 0 spiro atoms. The van der Waals surface area contributed by atoms with E-state index in [1.807, 2.05) is 0 Å². The summed E-state index contributed by atoms with van der Waals surface area (Å²) in [6, 6.07) is 8.30. The van der Waals surface area contributed by atoms with Crippen LogP contribution in [0.25, 0.3) is 0 Å². The average molecular weight is 281 g/mol. The summed E-state index contributed by atoms with van der Waals surface area (Å²) in [4.78, 5) is 14.6. The summed E-state index contributed by atoms with van der Waals surface area (Å²) in [6.45, 7) is 5.83. The van der Waals surface area contributed by atoms with E-state index in [2.05, 4.69) is 31.2 Å². The van der Waals surface area contributed by atoms with Gasteiger partial charge in [0.2, 0.25) is 5.91 Å². The molecule has 0 fully saturated rings. The second-order valence-corrected chi connectivity index (χ2v) is 6.64. The monoisotopic (exact) mass is 281 g/mol. The first-order valence-corrected chi connectivity index (χ1v) is 7.42. The first-order valence-electron chi connectivity index (χ1n) is 6.44. The number of hydrogen-bond donors (Lipinski definition) is 1. The lowest BCUT2D eigenvalue weighted by atomic mass is 10.1. The van der Waals surface area contributed by atoms with Gasteiger partial charge in [-0.25, -0.2) is 0 Å². The molecule has 0 radical (unpaired) electrons. The van der Waals surface area contributed by atoms with E-state index in [1.54, 1.807) is 37.6 Å². The Balaban J connectivity index is 2.32. The van der Waals surface area contributed by atoms with Gasteiger partial charge < -0.3 is 10.0 Å². The van der Waals surface area contributed by atoms with Gasteiger partial charge in [0.25, 0.3) is 0 Å². The summed E-state index contributed by atoms with van der Waals surface area (Å²) in [7, 11) is 1.73. The molecule has 3 nitrogen and oxygen atoms in total. The molecule has 19 heavy (non-hydrogen) atoms. The van der Waals surface area contributed by atoms with Crippen molar-refractivity contribution in [1.29, 1.82) is 0 Å². The SMILES string of the molecule is Cc1ccc(SCCC(=O)N(C)CC(C)(C)O)cc1. The van der Waals surface area contributed by atoms with Crippen LogP contribution in [-0.4, -0.2) is 40.9 Å². The molecular formula is C15H23NO2S. The van der Waals surface area contributed by atoms with Gasteiger partial charge in [-0.3, -0.25) is 4.79 Å². The van der Waals surface area contributed by atoms with Crippen molar-refractivity contribution in [2.75, 3.05) is 19.3 Å². The number of aliphatic hydroxyl groups is 1. The Morgan fingerprint density at radius 3 is 2.42 bits per heavy atom. The summed E-state index contributed by atoms with van der Waals surface area (Å²) >= 11 is 1.68. The molecule has 1 aromatic rings. The average Bonchev–Trinajstić information content (AvgIpc) is 2.29. The minimum atomic E-state index is -0.839. The maximum absolute atomic E-state index is 11.9. The van der Waals surface area contributed by atoms with Crippen LogP contribution in [0.2, 0.25) is 0 Å². The number of likely N-dealkylation sites (N-methyl/N-ethyl adjacent to an activating group) is 1. The zero-order valence-electron chi connectivity index (χ0n) is 12.1. The molecule has 0 aliphatic carbocycles. The second kappa shape index (κ2) is 6.96. The van der Waals surface area contributed by atoms with Gasteiger partial charge >= 0.3 is 0 Å². The third kappa shape index (κ3) is 6.64. The molecule has 1 aromatic carbocycles. The van der Waals surface area contributed by atoms with Gasteiger partial charge in [-0.1, -0.05) is 17.7 Å². The molecular weight excluding hydrogens is 258 g/mol. The molecule has 0 bridgehead atoms. The normalized spacial score (nSPS) is 11.4. The minimum absolute atomic E-state index is 0.0711. The summed E-state index contributed by atoms with van der Waals surface area (Å²) in [5, 5.41) is 9.67. The van der Waals surface area contributed by atoms with Gasteiger partial charge in [0, 0.05) is 30.7 Å². The third-order valence-electron chi connectivity index (χ3n) is 2.66. The van der Waals surface area contributed by atoms with Gasteiger partial charge in [0.05, 0.1) is 5.60 Å². The molecule has 0 aliphatic heterocycles. The zero-order valence-corrected chi connectivity index (χ0v) is 13.0. The highest BCUT2D eigenvalue weighted by Gasteiger charge is 2.18. The van der Waals surface area contributed by atoms with Crippen LogP contribution in [0, 0.1) is 6.92 Å². The number of hydrogen-bond acceptors (Lipinski definition) is 3. The predicted molar refractivity (Wildman–Crippen MR) is 80.5 cm³/mol. The van der Waals surface area contributed by atoms with Gasteiger partial charge in [-0.15, -0.1) is 11.8 Å². The van der Waals surface area contributed by atoms with Crippen molar-refractivity contribution in [2.45, 2.75) is 37.7 Å². The van der Waals surface area contributed by atoms with E-state index in [1.165, 1.54) is 10.5 Å². The van der Waals surface area contributed by atoms with E-state index in [0.29, 0.717) is 13.0 Å². The number of carbonyl (C=O) groups is 1. The number of rotatable bonds is 6. The molecule has 106 valence electrons. The number of aryl methyl sites for hydroxylation is 1. The van der Waals surface area contributed by atoms with Crippen LogP contribution in [-0.2, 0) is 4.79 Å². The fourth-order valence-corrected chi connectivity index (χ4v) is 2.59. The molecule has 1 amide bonds. The van der Waals surface area contributed by atoms with Gasteiger partial charge in [0.1, 0.15) is 0 Å². The second-order valence-electron chi connectivity index (χ2n) is 5.47. The Morgan fingerprint density at radius 1 is 1.32 bits per heavy atom. The number of thioether (sulfide) groups is 1. The first kappa shape index (κ1) is 16.1. The van der Waals surface area contributed by atoms with E-state index in [9.17, 15) is 9.90 Å². The Hall–Kier alpha value is -1.00. The van der Waals surface area contributed by atoms with E-state index < -0.39 is 5.60 Å². The smallest absolute Gasteiger partial charge is 0.223 e. The van der Waals surface area contributed by atoms with Crippen molar-refractivity contribution >= 4 is 17.7 Å². The highest BCUT2D eigenvalue weighted by Crippen LogP contribution is 2.19. The molecule has 0 saturated heterocycles. The molecule has 4 heteroatoms. The molecule has 0 unspecified atom stereocenters. The van der Waals surface area contributed by atoms with Crippen LogP contribution >= 0.6 is 11.8 Å². The van der Waals surface area contributed by atoms with E-state index in [-0.39, 0.29) is 5.91 Å². The van der Waals surface area contributed by atoms with E-state index in [0.717, 1.165) is 5.75 Å². The van der Waals surface area contributed by atoms with Crippen molar-refractivity contribution in [1.82, 2.24) is 4.90 Å². The highest BCUT2D eigenvalue weighted by molar-refractivity contribution is 7.99. The topological polar surface area (TPSA) is 40.5 Å². The molecule has 1 N–H and O–H groups in total. The van der Waals surface area contributed by atoms with Crippen LogP contribution in [0.5, 0.6) is 0 Å². The lowest BCUT2D eigenvalue weighted by molar-refractivity contribution is -0.132. The van der Waals surface area contributed by atoms with E-state index >= 15 is 0 Å². The minimum Gasteiger partial charge on any atom is -0.389 e. The maximum Gasteiger partial charge on any atom is 0.223 e. The molecule has 1 rings (SSSR count). The molecule has 0 saturated carbocycles. The third-order valence-corrected chi connectivity index (χ3v) is 3.67. The summed E-state index contributed by atoms with van der Waals surface area (Å²) in [5.74, 6) is 0.833. The van der Waals surface area contributed by atoms with Gasteiger partial charge in [-0.05, 0) is 32.9 Å². The van der Waals surface area contributed by atoms with Crippen LogP contribution in [0.1, 0.15) is 25.8 Å². The van der Waals surface area contributed by atoms with Crippen molar-refractivity contribution in [2.24, 2.45) is 0 Å². The van der Waals surface area contributed by atoms with E-state index in [4.69, 9.17) is 0 Å². The van der Waals surface area contributed by atoms with Gasteiger partial charge in [0.15, 0.2) is 0 Å². The van der Waals surface area contributed by atoms with Crippen LogP contribution in [0.15, 0.2) is 29.2 Å². The molecule has 0 aromatic heterocycles. The first-order chi connectivity index (χ1) is 8.78. The van der Waals surface area contributed by atoms with Crippen LogP contribution < -0.4 is 0 Å². The Morgan fingerprint density at radius 2 is 1.89 bits per heavy atom. The lowest BCUT2D eigenvalue weighted by Gasteiger charge is -2.25. The fraction of sp³-hybridized carbons (Fsp3) is 0.533. The van der Waals surface area contributed by atoms with Gasteiger partial charge in [-0.2, -0.15) is 0 Å². The lowest BCUT2D eigenvalue weighted by Crippen LogP contribution is -2.39. The largest absolute Gasteiger partial charge is 0.389 e. The van der Waals surface area contributed by atoms with Crippen molar-refractivity contribution < 1.29 is 9.90 Å². The predicted octanol–water partition coefficient (Wildman–Crippen LogP) is 2.71. The number of benzene rings is 1. The van der Waals surface area contributed by atoms with Crippen LogP contribution in [0.4, 0.5) is 0 Å².